The highest BCUT2D eigenvalue weighted by molar-refractivity contribution is 5.95. The molecule has 1 aromatic heterocycles. The highest BCUT2D eigenvalue weighted by Crippen LogP contribution is 2.31. The first-order chi connectivity index (χ1) is 8.67. The minimum absolute atomic E-state index is 0.745. The number of para-hydroxylation sites is 1. The van der Waals surface area contributed by atoms with Gasteiger partial charge in [0.1, 0.15) is 11.3 Å². The number of pyridine rings is 1. The number of methoxy groups -OCH3 is 1. The Morgan fingerprint density at radius 2 is 2.11 bits per heavy atom. The van der Waals surface area contributed by atoms with E-state index in [1.807, 2.05) is 33.3 Å². The van der Waals surface area contributed by atoms with E-state index < -0.39 is 0 Å². The summed E-state index contributed by atoms with van der Waals surface area (Å²) in [6.07, 6.45) is 0. The van der Waals surface area contributed by atoms with Crippen molar-refractivity contribution in [1.29, 1.82) is 0 Å². The fraction of sp³-hybridized carbons (Fsp3) is 0.357. The summed E-state index contributed by atoms with van der Waals surface area (Å²) in [6, 6.07) is 8.12. The van der Waals surface area contributed by atoms with Crippen molar-refractivity contribution >= 4 is 16.6 Å². The molecule has 18 heavy (non-hydrogen) atoms. The summed E-state index contributed by atoms with van der Waals surface area (Å²) in [5.74, 6) is 0.813. The molecule has 96 valence electrons. The Bertz CT molecular complexity index is 552. The number of nitrogens with one attached hydrogen (secondary N) is 1. The van der Waals surface area contributed by atoms with Gasteiger partial charge in [0.2, 0.25) is 0 Å². The Hall–Kier alpha value is -1.81. The molecule has 0 saturated heterocycles. The quantitative estimate of drug-likeness (QED) is 0.894. The molecule has 1 N–H and O–H groups in total. The first kappa shape index (κ1) is 12.6. The number of benzene rings is 1. The van der Waals surface area contributed by atoms with Gasteiger partial charge in [-0.05, 0) is 19.2 Å². The van der Waals surface area contributed by atoms with Crippen molar-refractivity contribution in [3.05, 3.63) is 30.0 Å². The van der Waals surface area contributed by atoms with Crippen molar-refractivity contribution in [3.63, 3.8) is 0 Å². The zero-order valence-corrected chi connectivity index (χ0v) is 11.3. The molecule has 0 spiro atoms. The van der Waals surface area contributed by atoms with E-state index in [4.69, 9.17) is 4.74 Å². The summed E-state index contributed by atoms with van der Waals surface area (Å²) in [6.45, 7) is 0.745. The zero-order valence-electron chi connectivity index (χ0n) is 11.3. The van der Waals surface area contributed by atoms with Gasteiger partial charge in [-0.25, -0.2) is 4.98 Å². The molecule has 1 aromatic carbocycles. The summed E-state index contributed by atoms with van der Waals surface area (Å²) in [4.78, 5) is 6.76. The number of nitrogens with zero attached hydrogens (tertiary/aromatic N) is 2. The van der Waals surface area contributed by atoms with Gasteiger partial charge in [0, 0.05) is 31.7 Å². The third kappa shape index (κ3) is 2.24. The maximum absolute atomic E-state index is 5.39. The number of aromatic nitrogens is 1. The fourth-order valence-corrected chi connectivity index (χ4v) is 2.06. The summed E-state index contributed by atoms with van der Waals surface area (Å²) in [5.41, 5.74) is 3.08. The van der Waals surface area contributed by atoms with Crippen LogP contribution in [0.3, 0.4) is 0 Å². The van der Waals surface area contributed by atoms with E-state index >= 15 is 0 Å². The van der Waals surface area contributed by atoms with E-state index in [-0.39, 0.29) is 0 Å². The zero-order chi connectivity index (χ0) is 13.1. The topological polar surface area (TPSA) is 37.4 Å². The van der Waals surface area contributed by atoms with Crippen LogP contribution in [0.4, 0.5) is 5.69 Å². The maximum Gasteiger partial charge on any atom is 0.145 e. The van der Waals surface area contributed by atoms with Gasteiger partial charge in [0.05, 0.1) is 12.8 Å². The minimum atomic E-state index is 0.745. The van der Waals surface area contributed by atoms with E-state index in [0.29, 0.717) is 0 Å². The summed E-state index contributed by atoms with van der Waals surface area (Å²) in [5, 5.41) is 4.24. The van der Waals surface area contributed by atoms with Gasteiger partial charge in [0.15, 0.2) is 0 Å². The second-order valence-electron chi connectivity index (χ2n) is 4.41. The molecule has 1 heterocycles. The van der Waals surface area contributed by atoms with Crippen LogP contribution < -0.4 is 15.0 Å². The first-order valence-corrected chi connectivity index (χ1v) is 5.96. The number of anilines is 1. The monoisotopic (exact) mass is 245 g/mol. The van der Waals surface area contributed by atoms with Crippen LogP contribution >= 0.6 is 0 Å². The minimum Gasteiger partial charge on any atom is -0.494 e. The van der Waals surface area contributed by atoms with Crippen molar-refractivity contribution in [3.8, 4) is 5.75 Å². The second-order valence-corrected chi connectivity index (χ2v) is 4.41. The van der Waals surface area contributed by atoms with Gasteiger partial charge >= 0.3 is 0 Å². The van der Waals surface area contributed by atoms with Crippen LogP contribution in [0.5, 0.6) is 5.75 Å². The van der Waals surface area contributed by atoms with Crippen molar-refractivity contribution in [2.75, 3.05) is 33.2 Å². The second kappa shape index (κ2) is 5.23. The lowest BCUT2D eigenvalue weighted by atomic mass is 10.1. The van der Waals surface area contributed by atoms with Gasteiger partial charge in [-0.3, -0.25) is 0 Å². The smallest absolute Gasteiger partial charge is 0.145 e. The third-order valence-electron chi connectivity index (χ3n) is 2.89. The van der Waals surface area contributed by atoms with Gasteiger partial charge < -0.3 is 15.0 Å². The molecule has 0 bridgehead atoms. The molecule has 0 aliphatic carbocycles. The van der Waals surface area contributed by atoms with Gasteiger partial charge in [-0.2, -0.15) is 0 Å². The molecule has 0 aliphatic rings. The first-order valence-electron chi connectivity index (χ1n) is 5.96. The lowest BCUT2D eigenvalue weighted by molar-refractivity contribution is 0.419. The van der Waals surface area contributed by atoms with Gasteiger partial charge in [-0.1, -0.05) is 12.1 Å². The maximum atomic E-state index is 5.39. The van der Waals surface area contributed by atoms with Crippen LogP contribution in [-0.4, -0.2) is 33.2 Å². The van der Waals surface area contributed by atoms with E-state index in [0.717, 1.165) is 34.6 Å². The average molecular weight is 245 g/mol. The largest absolute Gasteiger partial charge is 0.494 e. The van der Waals surface area contributed by atoms with E-state index in [1.165, 1.54) is 0 Å². The van der Waals surface area contributed by atoms with E-state index in [9.17, 15) is 0 Å². The number of hydrogen-bond acceptors (Lipinski definition) is 4. The number of fused-ring (bicyclic) bond motifs is 1. The Morgan fingerprint density at radius 3 is 2.72 bits per heavy atom. The molecular formula is C14H19N3O. The molecule has 0 fully saturated rings. The van der Waals surface area contributed by atoms with Crippen LogP contribution in [0.25, 0.3) is 10.9 Å². The van der Waals surface area contributed by atoms with Crippen LogP contribution in [0.2, 0.25) is 0 Å². The number of rotatable bonds is 4. The Balaban J connectivity index is 2.72. The fourth-order valence-electron chi connectivity index (χ4n) is 2.06. The Labute approximate surface area is 108 Å². The normalized spacial score (nSPS) is 10.7. The SMILES string of the molecule is CNCc1cc(N(C)C)c2cccc(OC)c2n1. The van der Waals surface area contributed by atoms with Crippen LogP contribution in [0.15, 0.2) is 24.3 Å². The molecule has 0 radical (unpaired) electrons. The van der Waals surface area contributed by atoms with Crippen molar-refractivity contribution < 1.29 is 4.74 Å². The number of hydrogen-bond donors (Lipinski definition) is 1. The van der Waals surface area contributed by atoms with E-state index in [2.05, 4.69) is 27.3 Å². The Morgan fingerprint density at radius 1 is 1.33 bits per heavy atom. The highest BCUT2D eigenvalue weighted by Gasteiger charge is 2.10. The number of ether oxygens (including phenoxy) is 1. The molecule has 0 aliphatic heterocycles. The molecule has 2 rings (SSSR count). The predicted octanol–water partition coefficient (Wildman–Crippen LogP) is 2.03. The van der Waals surface area contributed by atoms with Crippen LogP contribution in [0.1, 0.15) is 5.69 Å². The summed E-state index contributed by atoms with van der Waals surface area (Å²) >= 11 is 0. The van der Waals surface area contributed by atoms with Gasteiger partial charge in [0.25, 0.3) is 0 Å². The molecule has 0 amide bonds. The van der Waals surface area contributed by atoms with Crippen molar-refractivity contribution in [1.82, 2.24) is 10.3 Å². The molecule has 0 unspecified atom stereocenters. The average Bonchev–Trinajstić information content (AvgIpc) is 2.37. The predicted molar refractivity (Wildman–Crippen MR) is 75.4 cm³/mol. The summed E-state index contributed by atoms with van der Waals surface area (Å²) in [7, 11) is 7.68. The van der Waals surface area contributed by atoms with E-state index in [1.54, 1.807) is 7.11 Å². The lowest BCUT2D eigenvalue weighted by Gasteiger charge is -2.17. The third-order valence-corrected chi connectivity index (χ3v) is 2.89. The molecule has 0 atom stereocenters. The molecule has 4 heteroatoms. The summed E-state index contributed by atoms with van der Waals surface area (Å²) < 4.78 is 5.39. The standard InChI is InChI=1S/C14H19N3O/c1-15-9-10-8-12(17(2)3)11-6-5-7-13(18-4)14(11)16-10/h5-8,15H,9H2,1-4H3. The molecule has 4 nitrogen and oxygen atoms in total. The molecule has 0 saturated carbocycles. The lowest BCUT2D eigenvalue weighted by Crippen LogP contribution is -2.13. The van der Waals surface area contributed by atoms with Gasteiger partial charge in [-0.15, -0.1) is 0 Å². The van der Waals surface area contributed by atoms with Crippen LogP contribution in [0, 0.1) is 0 Å². The van der Waals surface area contributed by atoms with Crippen molar-refractivity contribution in [2.45, 2.75) is 6.54 Å². The highest BCUT2D eigenvalue weighted by atomic mass is 16.5. The van der Waals surface area contributed by atoms with Crippen molar-refractivity contribution in [2.24, 2.45) is 0 Å². The molecule has 2 aromatic rings. The van der Waals surface area contributed by atoms with Crippen LogP contribution in [-0.2, 0) is 6.54 Å². The Kier molecular flexibility index (Phi) is 3.67. The molecular weight excluding hydrogens is 226 g/mol.